The molecule has 1 aromatic rings. The minimum absolute atomic E-state index is 0.0635. The highest BCUT2D eigenvalue weighted by Crippen LogP contribution is 2.10. The van der Waals surface area contributed by atoms with Crippen molar-refractivity contribution in [2.75, 3.05) is 25.5 Å². The van der Waals surface area contributed by atoms with Gasteiger partial charge in [0.25, 0.3) is 5.91 Å². The number of benzene rings is 1. The van der Waals surface area contributed by atoms with Gasteiger partial charge in [0.15, 0.2) is 0 Å². The molecule has 0 aliphatic rings. The SMILES string of the molecule is CNC(=O)c1cccc(NCCNC(C)(C)C)c1. The average molecular weight is 249 g/mol. The minimum Gasteiger partial charge on any atom is -0.384 e. The van der Waals surface area contributed by atoms with Crippen molar-refractivity contribution in [3.8, 4) is 0 Å². The van der Waals surface area contributed by atoms with Crippen molar-refractivity contribution in [3.63, 3.8) is 0 Å². The molecule has 1 amide bonds. The molecule has 4 nitrogen and oxygen atoms in total. The first-order chi connectivity index (χ1) is 8.42. The first kappa shape index (κ1) is 14.5. The van der Waals surface area contributed by atoms with Gasteiger partial charge in [0, 0.05) is 36.9 Å². The summed E-state index contributed by atoms with van der Waals surface area (Å²) in [7, 11) is 1.63. The topological polar surface area (TPSA) is 53.2 Å². The fourth-order valence-electron chi connectivity index (χ4n) is 1.56. The van der Waals surface area contributed by atoms with Gasteiger partial charge in [0.2, 0.25) is 0 Å². The van der Waals surface area contributed by atoms with E-state index < -0.39 is 0 Å². The van der Waals surface area contributed by atoms with Crippen LogP contribution in [0.5, 0.6) is 0 Å². The van der Waals surface area contributed by atoms with Gasteiger partial charge < -0.3 is 16.0 Å². The Hall–Kier alpha value is -1.55. The van der Waals surface area contributed by atoms with Gasteiger partial charge in [-0.05, 0) is 39.0 Å². The monoisotopic (exact) mass is 249 g/mol. The number of anilines is 1. The van der Waals surface area contributed by atoms with Crippen LogP contribution in [0, 0.1) is 0 Å². The molecular weight excluding hydrogens is 226 g/mol. The second kappa shape index (κ2) is 6.40. The number of hydrogen-bond donors (Lipinski definition) is 3. The molecular formula is C14H23N3O. The molecule has 0 fully saturated rings. The molecule has 0 saturated heterocycles. The van der Waals surface area contributed by atoms with Crippen LogP contribution in [0.3, 0.4) is 0 Å². The van der Waals surface area contributed by atoms with Crippen molar-refractivity contribution in [2.24, 2.45) is 0 Å². The Balaban J connectivity index is 2.45. The highest BCUT2D eigenvalue weighted by Gasteiger charge is 2.07. The van der Waals surface area contributed by atoms with E-state index in [1.54, 1.807) is 13.1 Å². The molecule has 0 atom stereocenters. The van der Waals surface area contributed by atoms with Crippen LogP contribution in [0.1, 0.15) is 31.1 Å². The van der Waals surface area contributed by atoms with Crippen LogP contribution in [0.25, 0.3) is 0 Å². The van der Waals surface area contributed by atoms with E-state index >= 15 is 0 Å². The average Bonchev–Trinajstić information content (AvgIpc) is 2.33. The molecule has 0 aromatic heterocycles. The summed E-state index contributed by atoms with van der Waals surface area (Å²) in [6.45, 7) is 8.12. The van der Waals surface area contributed by atoms with E-state index in [4.69, 9.17) is 0 Å². The Morgan fingerprint density at radius 3 is 2.56 bits per heavy atom. The van der Waals surface area contributed by atoms with E-state index in [0.717, 1.165) is 18.8 Å². The zero-order chi connectivity index (χ0) is 13.6. The third-order valence-electron chi connectivity index (χ3n) is 2.46. The first-order valence-corrected chi connectivity index (χ1v) is 6.23. The van der Waals surface area contributed by atoms with Gasteiger partial charge in [0.1, 0.15) is 0 Å². The predicted molar refractivity (Wildman–Crippen MR) is 76.1 cm³/mol. The lowest BCUT2D eigenvalue weighted by Gasteiger charge is -2.20. The molecule has 0 aliphatic heterocycles. The van der Waals surface area contributed by atoms with Gasteiger partial charge in [-0.2, -0.15) is 0 Å². The summed E-state index contributed by atoms with van der Waals surface area (Å²) in [5.74, 6) is -0.0635. The normalized spacial score (nSPS) is 11.1. The number of carbonyl (C=O) groups excluding carboxylic acids is 1. The van der Waals surface area contributed by atoms with Crippen LogP contribution < -0.4 is 16.0 Å². The summed E-state index contributed by atoms with van der Waals surface area (Å²) in [5, 5.41) is 9.31. The van der Waals surface area contributed by atoms with Gasteiger partial charge in [0.05, 0.1) is 0 Å². The Morgan fingerprint density at radius 1 is 1.22 bits per heavy atom. The summed E-state index contributed by atoms with van der Waals surface area (Å²) in [5.41, 5.74) is 1.77. The Kier molecular flexibility index (Phi) is 5.16. The van der Waals surface area contributed by atoms with Gasteiger partial charge in [-0.1, -0.05) is 6.07 Å². The third-order valence-corrected chi connectivity index (χ3v) is 2.46. The summed E-state index contributed by atoms with van der Waals surface area (Å²) >= 11 is 0. The number of nitrogens with one attached hydrogen (secondary N) is 3. The molecule has 0 unspecified atom stereocenters. The zero-order valence-electron chi connectivity index (χ0n) is 11.6. The fourth-order valence-corrected chi connectivity index (χ4v) is 1.56. The van der Waals surface area contributed by atoms with E-state index in [2.05, 4.69) is 36.7 Å². The first-order valence-electron chi connectivity index (χ1n) is 6.23. The highest BCUT2D eigenvalue weighted by molar-refractivity contribution is 5.94. The van der Waals surface area contributed by atoms with Crippen molar-refractivity contribution in [1.82, 2.24) is 10.6 Å². The lowest BCUT2D eigenvalue weighted by Crippen LogP contribution is -2.38. The molecule has 18 heavy (non-hydrogen) atoms. The minimum atomic E-state index is -0.0635. The second-order valence-electron chi connectivity index (χ2n) is 5.26. The quantitative estimate of drug-likeness (QED) is 0.698. The maximum Gasteiger partial charge on any atom is 0.251 e. The molecule has 4 heteroatoms. The lowest BCUT2D eigenvalue weighted by molar-refractivity contribution is 0.0963. The smallest absolute Gasteiger partial charge is 0.251 e. The molecule has 100 valence electrons. The van der Waals surface area contributed by atoms with Crippen LogP contribution >= 0.6 is 0 Å². The number of carbonyl (C=O) groups is 1. The zero-order valence-corrected chi connectivity index (χ0v) is 11.6. The second-order valence-corrected chi connectivity index (χ2v) is 5.26. The molecule has 1 aromatic carbocycles. The number of rotatable bonds is 5. The van der Waals surface area contributed by atoms with Crippen molar-refractivity contribution in [1.29, 1.82) is 0 Å². The number of hydrogen-bond acceptors (Lipinski definition) is 3. The van der Waals surface area contributed by atoms with E-state index in [0.29, 0.717) is 5.56 Å². The van der Waals surface area contributed by atoms with Gasteiger partial charge in [-0.3, -0.25) is 4.79 Å². The van der Waals surface area contributed by atoms with Crippen molar-refractivity contribution >= 4 is 11.6 Å². The van der Waals surface area contributed by atoms with E-state index in [9.17, 15) is 4.79 Å². The molecule has 0 aliphatic carbocycles. The van der Waals surface area contributed by atoms with Crippen LogP contribution in [-0.2, 0) is 0 Å². The van der Waals surface area contributed by atoms with Crippen LogP contribution in [0.4, 0.5) is 5.69 Å². The van der Waals surface area contributed by atoms with Gasteiger partial charge >= 0.3 is 0 Å². The molecule has 0 saturated carbocycles. The van der Waals surface area contributed by atoms with Crippen LogP contribution in [0.15, 0.2) is 24.3 Å². The Bertz CT molecular complexity index is 396. The predicted octanol–water partition coefficient (Wildman–Crippen LogP) is 1.85. The molecule has 1 rings (SSSR count). The van der Waals surface area contributed by atoms with Crippen LogP contribution in [-0.4, -0.2) is 31.6 Å². The molecule has 0 spiro atoms. The van der Waals surface area contributed by atoms with E-state index in [1.807, 2.05) is 18.2 Å². The largest absolute Gasteiger partial charge is 0.384 e. The highest BCUT2D eigenvalue weighted by atomic mass is 16.1. The summed E-state index contributed by atoms with van der Waals surface area (Å²) in [6.07, 6.45) is 0. The van der Waals surface area contributed by atoms with Gasteiger partial charge in [-0.25, -0.2) is 0 Å². The standard InChI is InChI=1S/C14H23N3O/c1-14(2,3)17-9-8-16-12-7-5-6-11(10-12)13(18)15-4/h5-7,10,16-17H,8-9H2,1-4H3,(H,15,18). The molecule has 3 N–H and O–H groups in total. The fraction of sp³-hybridized carbons (Fsp3) is 0.500. The summed E-state index contributed by atoms with van der Waals surface area (Å²) in [4.78, 5) is 11.5. The maximum absolute atomic E-state index is 11.5. The van der Waals surface area contributed by atoms with Crippen LogP contribution in [0.2, 0.25) is 0 Å². The molecule has 0 bridgehead atoms. The third kappa shape index (κ3) is 5.19. The van der Waals surface area contributed by atoms with Gasteiger partial charge in [-0.15, -0.1) is 0 Å². The van der Waals surface area contributed by atoms with Crippen molar-refractivity contribution in [3.05, 3.63) is 29.8 Å². The summed E-state index contributed by atoms with van der Waals surface area (Å²) in [6, 6.07) is 7.50. The molecule has 0 heterocycles. The Labute approximate surface area is 109 Å². The summed E-state index contributed by atoms with van der Waals surface area (Å²) < 4.78 is 0. The lowest BCUT2D eigenvalue weighted by atomic mass is 10.1. The van der Waals surface area contributed by atoms with Crippen molar-refractivity contribution < 1.29 is 4.79 Å². The van der Waals surface area contributed by atoms with E-state index in [-0.39, 0.29) is 11.4 Å². The maximum atomic E-state index is 11.5. The van der Waals surface area contributed by atoms with E-state index in [1.165, 1.54) is 0 Å². The molecule has 0 radical (unpaired) electrons. The Morgan fingerprint density at radius 2 is 1.94 bits per heavy atom. The number of amides is 1. The van der Waals surface area contributed by atoms with Crippen molar-refractivity contribution in [2.45, 2.75) is 26.3 Å².